The molecule has 1 atom stereocenters. The molecule has 0 saturated carbocycles. The molecule has 3 amide bonds. The highest BCUT2D eigenvalue weighted by atomic mass is 16.2. The van der Waals surface area contributed by atoms with Gasteiger partial charge >= 0.3 is 0 Å². The lowest BCUT2D eigenvalue weighted by molar-refractivity contribution is -0.134. The smallest absolute Gasteiger partial charge is 0.254 e. The number of benzene rings is 2. The molecule has 2 aromatic carbocycles. The summed E-state index contributed by atoms with van der Waals surface area (Å²) in [6, 6.07) is 16.4. The molecule has 2 aromatic heterocycles. The Bertz CT molecular complexity index is 1760. The molecule has 2 saturated heterocycles. The van der Waals surface area contributed by atoms with E-state index >= 15 is 0 Å². The lowest BCUT2D eigenvalue weighted by Gasteiger charge is -2.34. The number of unbranched alkanes of at least 4 members (excludes halogenated alkanes) is 1. The fourth-order valence-electron chi connectivity index (χ4n) is 7.41. The predicted molar refractivity (Wildman–Crippen MR) is 179 cm³/mol. The Hall–Kier alpha value is -4.24. The van der Waals surface area contributed by atoms with Crippen molar-refractivity contribution < 1.29 is 14.4 Å². The molecule has 0 radical (unpaired) electrons. The van der Waals surface area contributed by atoms with Crippen molar-refractivity contribution in [3.63, 3.8) is 0 Å². The zero-order valence-electron chi connectivity index (χ0n) is 27.0. The van der Waals surface area contributed by atoms with Crippen LogP contribution in [0.5, 0.6) is 0 Å². The van der Waals surface area contributed by atoms with E-state index in [-0.39, 0.29) is 23.6 Å². The van der Waals surface area contributed by atoms with Gasteiger partial charge in [-0.05, 0) is 86.2 Å². The fraction of sp³-hybridized carbons (Fsp3) is 0.459. The van der Waals surface area contributed by atoms with E-state index in [1.54, 1.807) is 0 Å². The molecular weight excluding hydrogens is 576 g/mol. The number of amides is 3. The standard InChI is InChI=1S/C37H44N6O3/c1-37(2)15-14-29-32(23-37)40-41-34(29)31-21-26-10-11-27(22-30(26)38-31)36(46)43-19-17-42(18-20-43)16-4-3-5-24-6-8-25(9-7-24)28-12-13-33(44)39-35(28)45/h6-11,21-22,28,38H,3-5,12-20,23H2,1-2H3,(H,40,41)(H,39,44,45)/t28-/m1/s1. The number of piperidine rings is 1. The molecule has 0 unspecified atom stereocenters. The molecule has 2 fully saturated rings. The summed E-state index contributed by atoms with van der Waals surface area (Å²) >= 11 is 0. The highest BCUT2D eigenvalue weighted by molar-refractivity contribution is 6.01. The van der Waals surface area contributed by atoms with Crippen LogP contribution in [0.15, 0.2) is 48.5 Å². The van der Waals surface area contributed by atoms with Gasteiger partial charge in [-0.15, -0.1) is 0 Å². The molecule has 1 aliphatic carbocycles. The third kappa shape index (κ3) is 6.38. The minimum atomic E-state index is -0.229. The Morgan fingerprint density at radius 3 is 2.57 bits per heavy atom. The molecule has 240 valence electrons. The number of piperazine rings is 1. The van der Waals surface area contributed by atoms with Gasteiger partial charge in [-0.3, -0.25) is 29.7 Å². The molecule has 9 nitrogen and oxygen atoms in total. The number of H-pyrrole nitrogens is 2. The molecular formula is C37H44N6O3. The average Bonchev–Trinajstić information content (AvgIpc) is 3.66. The largest absolute Gasteiger partial charge is 0.353 e. The third-order valence-electron chi connectivity index (χ3n) is 10.3. The summed E-state index contributed by atoms with van der Waals surface area (Å²) in [7, 11) is 0. The van der Waals surface area contributed by atoms with Crippen molar-refractivity contribution in [1.82, 2.24) is 30.3 Å². The minimum Gasteiger partial charge on any atom is -0.353 e. The fourth-order valence-corrected chi connectivity index (χ4v) is 7.41. The lowest BCUT2D eigenvalue weighted by atomic mass is 9.76. The number of imide groups is 1. The van der Waals surface area contributed by atoms with Gasteiger partial charge in [0.2, 0.25) is 11.8 Å². The van der Waals surface area contributed by atoms with E-state index in [1.807, 2.05) is 35.2 Å². The second-order valence-electron chi connectivity index (χ2n) is 14.2. The topological polar surface area (TPSA) is 114 Å². The molecule has 7 rings (SSSR count). The van der Waals surface area contributed by atoms with Crippen molar-refractivity contribution in [2.24, 2.45) is 5.41 Å². The first-order chi connectivity index (χ1) is 22.2. The zero-order chi connectivity index (χ0) is 31.8. The van der Waals surface area contributed by atoms with E-state index in [4.69, 9.17) is 0 Å². The summed E-state index contributed by atoms with van der Waals surface area (Å²) in [6.07, 6.45) is 7.38. The highest BCUT2D eigenvalue weighted by Gasteiger charge is 2.30. The average molecular weight is 621 g/mol. The summed E-state index contributed by atoms with van der Waals surface area (Å²) in [4.78, 5) is 45.0. The van der Waals surface area contributed by atoms with Crippen molar-refractivity contribution in [3.8, 4) is 11.4 Å². The monoisotopic (exact) mass is 620 g/mol. The first kappa shape index (κ1) is 30.4. The van der Waals surface area contributed by atoms with Crippen LogP contribution < -0.4 is 5.32 Å². The van der Waals surface area contributed by atoms with E-state index in [9.17, 15) is 14.4 Å². The van der Waals surface area contributed by atoms with Gasteiger partial charge in [0.15, 0.2) is 0 Å². The maximum Gasteiger partial charge on any atom is 0.254 e. The van der Waals surface area contributed by atoms with Gasteiger partial charge in [-0.1, -0.05) is 44.2 Å². The number of aromatic nitrogens is 3. The van der Waals surface area contributed by atoms with Gasteiger partial charge in [0.05, 0.1) is 11.6 Å². The predicted octanol–water partition coefficient (Wildman–Crippen LogP) is 5.37. The number of carbonyl (C=O) groups excluding carboxylic acids is 3. The van der Waals surface area contributed by atoms with Gasteiger partial charge in [-0.2, -0.15) is 5.10 Å². The number of hydrogen-bond donors (Lipinski definition) is 3. The highest BCUT2D eigenvalue weighted by Crippen LogP contribution is 2.38. The number of hydrogen-bond acceptors (Lipinski definition) is 5. The summed E-state index contributed by atoms with van der Waals surface area (Å²) in [6.45, 7) is 8.92. The summed E-state index contributed by atoms with van der Waals surface area (Å²) < 4.78 is 0. The second-order valence-corrected chi connectivity index (χ2v) is 14.2. The van der Waals surface area contributed by atoms with E-state index in [0.29, 0.717) is 18.3 Å². The number of aryl methyl sites for hydroxylation is 1. The van der Waals surface area contributed by atoms with Crippen LogP contribution in [0.3, 0.4) is 0 Å². The maximum absolute atomic E-state index is 13.5. The Balaban J connectivity index is 0.878. The summed E-state index contributed by atoms with van der Waals surface area (Å²) in [5.41, 5.74) is 8.83. The maximum atomic E-state index is 13.5. The van der Waals surface area contributed by atoms with Crippen LogP contribution >= 0.6 is 0 Å². The number of rotatable bonds is 8. The Morgan fingerprint density at radius 1 is 0.978 bits per heavy atom. The van der Waals surface area contributed by atoms with Crippen molar-refractivity contribution in [2.45, 2.75) is 71.1 Å². The quantitative estimate of drug-likeness (QED) is 0.181. The minimum absolute atomic E-state index is 0.0952. The van der Waals surface area contributed by atoms with Crippen LogP contribution in [0.4, 0.5) is 0 Å². The van der Waals surface area contributed by atoms with E-state index in [0.717, 1.165) is 105 Å². The number of fused-ring (bicyclic) bond motifs is 2. The summed E-state index contributed by atoms with van der Waals surface area (Å²) in [5, 5.41) is 11.5. The molecule has 3 aliphatic rings. The van der Waals surface area contributed by atoms with Crippen LogP contribution in [-0.2, 0) is 28.9 Å². The number of carbonyl (C=O) groups is 3. The molecule has 9 heteroatoms. The van der Waals surface area contributed by atoms with Crippen LogP contribution in [-0.4, -0.2) is 75.4 Å². The first-order valence-corrected chi connectivity index (χ1v) is 16.9. The van der Waals surface area contributed by atoms with E-state index in [2.05, 4.69) is 57.4 Å². The van der Waals surface area contributed by atoms with E-state index < -0.39 is 0 Å². The summed E-state index contributed by atoms with van der Waals surface area (Å²) in [5.74, 6) is -0.498. The lowest BCUT2D eigenvalue weighted by Crippen LogP contribution is -2.48. The normalized spacial score (nSPS) is 20.1. The molecule has 46 heavy (non-hydrogen) atoms. The molecule has 4 heterocycles. The molecule has 0 spiro atoms. The Morgan fingerprint density at radius 2 is 1.78 bits per heavy atom. The Kier molecular flexibility index (Phi) is 8.27. The first-order valence-electron chi connectivity index (χ1n) is 16.9. The molecule has 0 bridgehead atoms. The van der Waals surface area contributed by atoms with Crippen molar-refractivity contribution in [1.29, 1.82) is 0 Å². The van der Waals surface area contributed by atoms with Crippen LogP contribution in [0.1, 0.15) is 84.6 Å². The molecule has 4 aromatic rings. The van der Waals surface area contributed by atoms with Crippen molar-refractivity contribution in [3.05, 3.63) is 76.5 Å². The third-order valence-corrected chi connectivity index (χ3v) is 10.3. The van der Waals surface area contributed by atoms with Crippen molar-refractivity contribution >= 4 is 28.6 Å². The van der Waals surface area contributed by atoms with Gasteiger partial charge in [-0.25, -0.2) is 0 Å². The number of nitrogens with one attached hydrogen (secondary N) is 3. The van der Waals surface area contributed by atoms with Crippen LogP contribution in [0.25, 0.3) is 22.3 Å². The van der Waals surface area contributed by atoms with Crippen LogP contribution in [0.2, 0.25) is 0 Å². The van der Waals surface area contributed by atoms with Gasteiger partial charge in [0, 0.05) is 60.3 Å². The van der Waals surface area contributed by atoms with E-state index in [1.165, 1.54) is 16.8 Å². The zero-order valence-corrected chi connectivity index (χ0v) is 27.0. The van der Waals surface area contributed by atoms with Gasteiger partial charge < -0.3 is 9.88 Å². The SMILES string of the molecule is CC1(C)CCc2c(-c3cc4ccc(C(=O)N5CCN(CCCCc6ccc([C@H]7CCC(=O)NC7=O)cc6)CC5)cc4[nH]3)n[nH]c2C1. The van der Waals surface area contributed by atoms with Crippen molar-refractivity contribution in [2.75, 3.05) is 32.7 Å². The number of aromatic amines is 2. The second kappa shape index (κ2) is 12.5. The van der Waals surface area contributed by atoms with Gasteiger partial charge in [0.1, 0.15) is 5.69 Å². The number of nitrogens with zero attached hydrogens (tertiary/aromatic N) is 3. The molecule has 3 N–H and O–H groups in total. The Labute approximate surface area is 270 Å². The molecule has 2 aliphatic heterocycles. The van der Waals surface area contributed by atoms with Crippen LogP contribution in [0, 0.1) is 5.41 Å². The van der Waals surface area contributed by atoms with Gasteiger partial charge in [0.25, 0.3) is 5.91 Å².